The first-order valence-corrected chi connectivity index (χ1v) is 4.38. The molecule has 90 valence electrons. The van der Waals surface area contributed by atoms with E-state index >= 15 is 0 Å². The Labute approximate surface area is 84.7 Å². The first-order chi connectivity index (χ1) is 6.73. The van der Waals surface area contributed by atoms with Crippen molar-refractivity contribution >= 4 is 5.97 Å². The van der Waals surface area contributed by atoms with Crippen molar-refractivity contribution in [2.24, 2.45) is 0 Å². The smallest absolute Gasteiger partial charge is 0.443 e. The maximum atomic E-state index is 12.3. The molecule has 1 atom stereocenters. The van der Waals surface area contributed by atoms with Crippen LogP contribution in [0.4, 0.5) is 13.2 Å². The van der Waals surface area contributed by atoms with Crippen molar-refractivity contribution in [2.75, 3.05) is 6.61 Å². The summed E-state index contributed by atoms with van der Waals surface area (Å²) in [5.41, 5.74) is 0. The minimum Gasteiger partial charge on any atom is -0.481 e. The molecule has 0 radical (unpaired) electrons. The van der Waals surface area contributed by atoms with Gasteiger partial charge in [-0.05, 0) is 6.42 Å². The molecule has 0 saturated heterocycles. The summed E-state index contributed by atoms with van der Waals surface area (Å²) in [6.45, 7) is 1.40. The molecule has 0 saturated carbocycles. The molecule has 0 aromatic carbocycles. The van der Waals surface area contributed by atoms with Crippen LogP contribution in [-0.4, -0.2) is 34.8 Å². The van der Waals surface area contributed by atoms with Gasteiger partial charge in [0.1, 0.15) is 6.42 Å². The number of hydrogen-bond donors (Lipinski definition) is 2. The summed E-state index contributed by atoms with van der Waals surface area (Å²) in [4.78, 5) is 10.2. The average Bonchev–Trinajstić information content (AvgIpc) is 2.01. The average molecular weight is 230 g/mol. The second-order valence-corrected chi connectivity index (χ2v) is 3.05. The fraction of sp³-hybridized carbons (Fsp3) is 0.875. The maximum absolute atomic E-state index is 12.3. The molecule has 0 bridgehead atoms. The van der Waals surface area contributed by atoms with E-state index in [9.17, 15) is 18.0 Å². The number of carboxylic acid groups (broad SMARTS) is 1. The van der Waals surface area contributed by atoms with Crippen molar-refractivity contribution in [3.05, 3.63) is 0 Å². The van der Waals surface area contributed by atoms with E-state index in [1.807, 2.05) is 0 Å². The molecule has 0 aliphatic rings. The second-order valence-electron chi connectivity index (χ2n) is 3.05. The molecule has 0 amide bonds. The van der Waals surface area contributed by atoms with Crippen molar-refractivity contribution in [3.8, 4) is 0 Å². The number of unbranched alkanes of at least 4 members (excludes halogenated alkanes) is 1. The van der Waals surface area contributed by atoms with Crippen molar-refractivity contribution in [1.82, 2.24) is 0 Å². The third kappa shape index (κ3) is 4.48. The Bertz CT molecular complexity index is 216. The lowest BCUT2D eigenvalue weighted by molar-refractivity contribution is -0.365. The normalized spacial score (nSPS) is 16.1. The highest BCUT2D eigenvalue weighted by atomic mass is 19.4. The number of carbonyl (C=O) groups is 1. The predicted octanol–water partition coefficient (Wildman–Crippen LogP) is 1.53. The number of aliphatic hydroxyl groups is 1. The topological polar surface area (TPSA) is 66.8 Å². The van der Waals surface area contributed by atoms with Crippen LogP contribution in [0.5, 0.6) is 0 Å². The Morgan fingerprint density at radius 2 is 1.93 bits per heavy atom. The minimum atomic E-state index is -5.11. The van der Waals surface area contributed by atoms with E-state index in [0.717, 1.165) is 0 Å². The van der Waals surface area contributed by atoms with Crippen LogP contribution in [0.15, 0.2) is 0 Å². The number of aliphatic carboxylic acids is 1. The lowest BCUT2D eigenvalue weighted by Crippen LogP contribution is -2.49. The zero-order chi connectivity index (χ0) is 12.1. The van der Waals surface area contributed by atoms with Crippen LogP contribution in [0.1, 0.15) is 26.2 Å². The number of carboxylic acids is 1. The van der Waals surface area contributed by atoms with E-state index in [1.165, 1.54) is 0 Å². The molecule has 0 aromatic heterocycles. The van der Waals surface area contributed by atoms with E-state index in [2.05, 4.69) is 4.74 Å². The molecule has 0 heterocycles. The Hall–Kier alpha value is -0.820. The van der Waals surface area contributed by atoms with E-state index in [1.54, 1.807) is 6.92 Å². The van der Waals surface area contributed by atoms with Gasteiger partial charge in [0, 0.05) is 0 Å². The van der Waals surface area contributed by atoms with Crippen LogP contribution in [0.2, 0.25) is 0 Å². The standard InChI is InChI=1S/C8H13F3O4/c1-2-3-4-15-7(14,5-6(12)13)8(9,10)11/h14H,2-5H2,1H3,(H,12,13). The molecule has 1 unspecified atom stereocenters. The first kappa shape index (κ1) is 14.2. The van der Waals surface area contributed by atoms with Crippen molar-refractivity contribution in [2.45, 2.75) is 38.1 Å². The molecule has 0 fully saturated rings. The van der Waals surface area contributed by atoms with Crippen molar-refractivity contribution in [3.63, 3.8) is 0 Å². The van der Waals surface area contributed by atoms with E-state index in [-0.39, 0.29) is 6.61 Å². The zero-order valence-corrected chi connectivity index (χ0v) is 8.17. The third-order valence-electron chi connectivity index (χ3n) is 1.67. The lowest BCUT2D eigenvalue weighted by atomic mass is 10.2. The van der Waals surface area contributed by atoms with Gasteiger partial charge in [0.25, 0.3) is 5.79 Å². The Balaban J connectivity index is 4.49. The first-order valence-electron chi connectivity index (χ1n) is 4.38. The van der Waals surface area contributed by atoms with Gasteiger partial charge in [-0.2, -0.15) is 13.2 Å². The molecule has 7 heteroatoms. The van der Waals surface area contributed by atoms with Crippen LogP contribution in [0, 0.1) is 0 Å². The number of ether oxygens (including phenoxy) is 1. The summed E-state index contributed by atoms with van der Waals surface area (Å²) in [7, 11) is 0. The molecule has 0 aliphatic carbocycles. The van der Waals surface area contributed by atoms with E-state index in [4.69, 9.17) is 10.2 Å². The minimum absolute atomic E-state index is 0.317. The number of alkyl halides is 3. The van der Waals surface area contributed by atoms with Crippen molar-refractivity contribution < 1.29 is 32.9 Å². The van der Waals surface area contributed by atoms with Crippen LogP contribution in [-0.2, 0) is 9.53 Å². The molecule has 0 rings (SSSR count). The summed E-state index contributed by atoms with van der Waals surface area (Å²) in [5.74, 6) is -5.36. The molecule has 15 heavy (non-hydrogen) atoms. The summed E-state index contributed by atoms with van der Waals surface area (Å²) in [5, 5.41) is 17.2. The van der Waals surface area contributed by atoms with Crippen LogP contribution in [0.25, 0.3) is 0 Å². The fourth-order valence-corrected chi connectivity index (χ4v) is 0.823. The largest absolute Gasteiger partial charge is 0.481 e. The predicted molar refractivity (Wildman–Crippen MR) is 44.1 cm³/mol. The van der Waals surface area contributed by atoms with E-state index in [0.29, 0.717) is 12.8 Å². The van der Waals surface area contributed by atoms with Gasteiger partial charge in [0.2, 0.25) is 0 Å². The second kappa shape index (κ2) is 5.32. The van der Waals surface area contributed by atoms with Crippen molar-refractivity contribution in [1.29, 1.82) is 0 Å². The SMILES string of the molecule is CCCCOC(O)(CC(=O)O)C(F)(F)F. The monoisotopic (exact) mass is 230 g/mol. The molecule has 0 aromatic rings. The Morgan fingerprint density at radius 1 is 1.40 bits per heavy atom. The van der Waals surface area contributed by atoms with Gasteiger partial charge in [0.15, 0.2) is 0 Å². The summed E-state index contributed by atoms with van der Waals surface area (Å²) in [6.07, 6.45) is -5.72. The molecule has 4 nitrogen and oxygen atoms in total. The highest BCUT2D eigenvalue weighted by Gasteiger charge is 2.56. The van der Waals surface area contributed by atoms with Gasteiger partial charge in [-0.3, -0.25) is 4.79 Å². The Kier molecular flexibility index (Phi) is 5.02. The Morgan fingerprint density at radius 3 is 2.27 bits per heavy atom. The zero-order valence-electron chi connectivity index (χ0n) is 8.17. The van der Waals surface area contributed by atoms with Gasteiger partial charge in [-0.25, -0.2) is 0 Å². The van der Waals surface area contributed by atoms with Gasteiger partial charge in [0.05, 0.1) is 6.61 Å². The summed E-state index contributed by atoms with van der Waals surface area (Å²) < 4.78 is 41.0. The van der Waals surface area contributed by atoms with Gasteiger partial charge in [-0.15, -0.1) is 0 Å². The highest BCUT2D eigenvalue weighted by Crippen LogP contribution is 2.34. The number of halogens is 3. The van der Waals surface area contributed by atoms with Crippen LogP contribution >= 0.6 is 0 Å². The summed E-state index contributed by atoms with van der Waals surface area (Å²) >= 11 is 0. The van der Waals surface area contributed by atoms with Gasteiger partial charge < -0.3 is 14.9 Å². The maximum Gasteiger partial charge on any atom is 0.443 e. The van der Waals surface area contributed by atoms with Crippen LogP contribution < -0.4 is 0 Å². The molecule has 0 aliphatic heterocycles. The lowest BCUT2D eigenvalue weighted by Gasteiger charge is -2.28. The molecule has 2 N–H and O–H groups in total. The van der Waals surface area contributed by atoms with E-state index < -0.39 is 24.4 Å². The van der Waals surface area contributed by atoms with Gasteiger partial charge >= 0.3 is 12.1 Å². The quantitative estimate of drug-likeness (QED) is 0.536. The summed E-state index contributed by atoms with van der Waals surface area (Å²) in [6, 6.07) is 0. The number of hydrogen-bond acceptors (Lipinski definition) is 3. The highest BCUT2D eigenvalue weighted by molar-refractivity contribution is 5.68. The fourth-order valence-electron chi connectivity index (χ4n) is 0.823. The molecular weight excluding hydrogens is 217 g/mol. The number of rotatable bonds is 6. The molecule has 0 spiro atoms. The third-order valence-corrected chi connectivity index (χ3v) is 1.67. The molecular formula is C8H13F3O4. The van der Waals surface area contributed by atoms with Crippen LogP contribution in [0.3, 0.4) is 0 Å². The van der Waals surface area contributed by atoms with Gasteiger partial charge in [-0.1, -0.05) is 13.3 Å².